The van der Waals surface area contributed by atoms with Crippen molar-refractivity contribution in [1.29, 1.82) is 0 Å². The van der Waals surface area contributed by atoms with Crippen molar-refractivity contribution in [1.82, 2.24) is 10.3 Å². The van der Waals surface area contributed by atoms with Crippen LogP contribution in [0.5, 0.6) is 0 Å². The summed E-state index contributed by atoms with van der Waals surface area (Å²) >= 11 is 0. The maximum absolute atomic E-state index is 12.7. The summed E-state index contributed by atoms with van der Waals surface area (Å²) in [7, 11) is 0. The van der Waals surface area contributed by atoms with E-state index >= 15 is 0 Å². The number of para-hydroxylation sites is 1. The molecule has 1 aliphatic rings. The fraction of sp³-hybridized carbons (Fsp3) is 0.278. The minimum absolute atomic E-state index is 0.0152. The molecule has 2 aromatic rings. The van der Waals surface area contributed by atoms with Gasteiger partial charge in [-0.2, -0.15) is 0 Å². The van der Waals surface area contributed by atoms with Crippen LogP contribution in [0, 0.1) is 0 Å². The van der Waals surface area contributed by atoms with Gasteiger partial charge in [-0.15, -0.1) is 0 Å². The molecule has 2 N–H and O–H groups in total. The van der Waals surface area contributed by atoms with E-state index in [0.29, 0.717) is 6.42 Å². The first-order valence-electron chi connectivity index (χ1n) is 7.72. The molecule has 1 heterocycles. The summed E-state index contributed by atoms with van der Waals surface area (Å²) in [6.45, 7) is 2.08. The first-order chi connectivity index (χ1) is 10.8. The van der Waals surface area contributed by atoms with Crippen LogP contribution in [-0.2, 0) is 11.2 Å². The van der Waals surface area contributed by atoms with Crippen LogP contribution in [0.4, 0.5) is 5.69 Å². The Labute approximate surface area is 131 Å². The standard InChI is InChI=1S/C18H21N3O/c1-2-17-19-16(13-14-9-5-3-6-10-14)18(22)21(17)20-15-11-7-4-8-12-15/h3-12,16-17,19-20H,2,13H2,1H3/t16-,17?/m0/s1. The lowest BCUT2D eigenvalue weighted by atomic mass is 10.1. The molecule has 114 valence electrons. The highest BCUT2D eigenvalue weighted by Crippen LogP contribution is 2.19. The van der Waals surface area contributed by atoms with Crippen molar-refractivity contribution in [3.63, 3.8) is 0 Å². The third-order valence-corrected chi connectivity index (χ3v) is 3.93. The van der Waals surface area contributed by atoms with Crippen LogP contribution in [0.3, 0.4) is 0 Å². The molecule has 1 unspecified atom stereocenters. The first-order valence-corrected chi connectivity index (χ1v) is 7.72. The van der Waals surface area contributed by atoms with Crippen LogP contribution in [0.2, 0.25) is 0 Å². The fourth-order valence-corrected chi connectivity index (χ4v) is 2.78. The van der Waals surface area contributed by atoms with E-state index in [1.807, 2.05) is 48.5 Å². The third kappa shape index (κ3) is 3.12. The van der Waals surface area contributed by atoms with E-state index in [1.165, 1.54) is 5.56 Å². The van der Waals surface area contributed by atoms with E-state index in [2.05, 4.69) is 29.8 Å². The Hall–Kier alpha value is -2.33. The summed E-state index contributed by atoms with van der Waals surface area (Å²) in [5.41, 5.74) is 5.33. The molecule has 2 atom stereocenters. The van der Waals surface area contributed by atoms with Crippen molar-refractivity contribution in [3.05, 3.63) is 66.2 Å². The van der Waals surface area contributed by atoms with Gasteiger partial charge in [0.05, 0.1) is 11.7 Å². The second-order valence-electron chi connectivity index (χ2n) is 5.52. The molecule has 1 saturated heterocycles. The molecule has 0 aromatic heterocycles. The van der Waals surface area contributed by atoms with Crippen LogP contribution >= 0.6 is 0 Å². The van der Waals surface area contributed by atoms with Crippen molar-refractivity contribution in [3.8, 4) is 0 Å². The Bertz CT molecular complexity index is 615. The zero-order valence-electron chi connectivity index (χ0n) is 12.7. The van der Waals surface area contributed by atoms with Crippen LogP contribution in [-0.4, -0.2) is 23.1 Å². The van der Waals surface area contributed by atoms with E-state index in [9.17, 15) is 4.79 Å². The quantitative estimate of drug-likeness (QED) is 0.891. The van der Waals surface area contributed by atoms with Gasteiger partial charge in [0.1, 0.15) is 6.17 Å². The van der Waals surface area contributed by atoms with E-state index in [-0.39, 0.29) is 18.1 Å². The number of carbonyl (C=O) groups excluding carboxylic acids is 1. The summed E-state index contributed by atoms with van der Waals surface area (Å²) in [5.74, 6) is 0.0968. The number of carbonyl (C=O) groups is 1. The summed E-state index contributed by atoms with van der Waals surface area (Å²) in [6, 6.07) is 19.7. The van der Waals surface area contributed by atoms with Crippen molar-refractivity contribution >= 4 is 11.6 Å². The van der Waals surface area contributed by atoms with Gasteiger partial charge in [-0.05, 0) is 30.5 Å². The SMILES string of the molecule is CCC1N[C@@H](Cc2ccccc2)C(=O)N1Nc1ccccc1. The minimum atomic E-state index is -0.177. The number of benzene rings is 2. The molecule has 1 amide bonds. The third-order valence-electron chi connectivity index (χ3n) is 3.93. The largest absolute Gasteiger partial charge is 0.295 e. The van der Waals surface area contributed by atoms with Gasteiger partial charge in [-0.3, -0.25) is 15.5 Å². The van der Waals surface area contributed by atoms with Gasteiger partial charge in [0.15, 0.2) is 0 Å². The maximum atomic E-state index is 12.7. The molecule has 4 nitrogen and oxygen atoms in total. The summed E-state index contributed by atoms with van der Waals surface area (Å²) < 4.78 is 0. The highest BCUT2D eigenvalue weighted by Gasteiger charge is 2.38. The van der Waals surface area contributed by atoms with E-state index < -0.39 is 0 Å². The fourth-order valence-electron chi connectivity index (χ4n) is 2.78. The molecule has 0 radical (unpaired) electrons. The van der Waals surface area contributed by atoms with Gasteiger partial charge >= 0.3 is 0 Å². The van der Waals surface area contributed by atoms with Crippen LogP contribution in [0.25, 0.3) is 0 Å². The zero-order chi connectivity index (χ0) is 15.4. The normalized spacial score (nSPS) is 21.1. The Morgan fingerprint density at radius 3 is 2.32 bits per heavy atom. The van der Waals surface area contributed by atoms with Crippen molar-refractivity contribution in [2.75, 3.05) is 5.43 Å². The van der Waals surface area contributed by atoms with Crippen LogP contribution in [0.15, 0.2) is 60.7 Å². The molecule has 2 aromatic carbocycles. The maximum Gasteiger partial charge on any atom is 0.259 e. The number of nitrogens with zero attached hydrogens (tertiary/aromatic N) is 1. The Kier molecular flexibility index (Phi) is 4.39. The zero-order valence-corrected chi connectivity index (χ0v) is 12.7. The lowest BCUT2D eigenvalue weighted by molar-refractivity contribution is -0.128. The van der Waals surface area contributed by atoms with Crippen molar-refractivity contribution < 1.29 is 4.79 Å². The van der Waals surface area contributed by atoms with E-state index in [0.717, 1.165) is 12.1 Å². The average molecular weight is 295 g/mol. The van der Waals surface area contributed by atoms with Crippen molar-refractivity contribution in [2.45, 2.75) is 32.0 Å². The van der Waals surface area contributed by atoms with Gasteiger partial charge in [0.2, 0.25) is 0 Å². The van der Waals surface area contributed by atoms with Gasteiger partial charge in [-0.25, -0.2) is 5.01 Å². The van der Waals surface area contributed by atoms with Crippen LogP contribution in [0.1, 0.15) is 18.9 Å². The molecule has 0 saturated carbocycles. The predicted octanol–water partition coefficient (Wildman–Crippen LogP) is 2.79. The summed E-state index contributed by atoms with van der Waals surface area (Å²) in [6.07, 6.45) is 1.58. The lowest BCUT2D eigenvalue weighted by Gasteiger charge is -2.24. The van der Waals surface area contributed by atoms with E-state index in [4.69, 9.17) is 0 Å². The first kappa shape index (κ1) is 14.6. The molecule has 4 heteroatoms. The Morgan fingerprint density at radius 2 is 1.68 bits per heavy atom. The monoisotopic (exact) mass is 295 g/mol. The topological polar surface area (TPSA) is 44.4 Å². The number of hydrogen-bond donors (Lipinski definition) is 2. The minimum Gasteiger partial charge on any atom is -0.295 e. The van der Waals surface area contributed by atoms with Crippen molar-refractivity contribution in [2.24, 2.45) is 0 Å². The molecule has 0 spiro atoms. The molecule has 22 heavy (non-hydrogen) atoms. The second kappa shape index (κ2) is 6.62. The Morgan fingerprint density at radius 1 is 1.05 bits per heavy atom. The lowest BCUT2D eigenvalue weighted by Crippen LogP contribution is -2.40. The molecule has 3 rings (SSSR count). The van der Waals surface area contributed by atoms with Gasteiger partial charge < -0.3 is 0 Å². The molecule has 1 fully saturated rings. The number of nitrogens with one attached hydrogen (secondary N) is 2. The summed E-state index contributed by atoms with van der Waals surface area (Å²) in [5, 5.41) is 5.15. The highest BCUT2D eigenvalue weighted by molar-refractivity contribution is 5.85. The second-order valence-corrected chi connectivity index (χ2v) is 5.52. The number of hydrazine groups is 1. The predicted molar refractivity (Wildman–Crippen MR) is 88.1 cm³/mol. The number of amides is 1. The van der Waals surface area contributed by atoms with Gasteiger partial charge in [0, 0.05) is 0 Å². The molecular weight excluding hydrogens is 274 g/mol. The van der Waals surface area contributed by atoms with Gasteiger partial charge in [-0.1, -0.05) is 55.5 Å². The average Bonchev–Trinajstić information content (AvgIpc) is 2.86. The Balaban J connectivity index is 1.72. The summed E-state index contributed by atoms with van der Waals surface area (Å²) in [4.78, 5) is 12.7. The molecular formula is C18H21N3O. The molecule has 0 bridgehead atoms. The molecule has 1 aliphatic heterocycles. The van der Waals surface area contributed by atoms with Gasteiger partial charge in [0.25, 0.3) is 5.91 Å². The van der Waals surface area contributed by atoms with Crippen LogP contribution < -0.4 is 10.7 Å². The molecule has 0 aliphatic carbocycles. The number of hydrogen-bond acceptors (Lipinski definition) is 3. The number of anilines is 1. The number of rotatable bonds is 5. The van der Waals surface area contributed by atoms with E-state index in [1.54, 1.807) is 5.01 Å². The highest BCUT2D eigenvalue weighted by atomic mass is 16.2. The smallest absolute Gasteiger partial charge is 0.259 e.